The van der Waals surface area contributed by atoms with E-state index < -0.39 is 6.10 Å². The van der Waals surface area contributed by atoms with Crippen molar-refractivity contribution < 1.29 is 28.6 Å². The van der Waals surface area contributed by atoms with Gasteiger partial charge in [0.1, 0.15) is 13.2 Å². The van der Waals surface area contributed by atoms with Gasteiger partial charge in [0.05, 0.1) is 0 Å². The van der Waals surface area contributed by atoms with Gasteiger partial charge in [-0.05, 0) is 83.5 Å². The fourth-order valence-electron chi connectivity index (χ4n) is 6.96. The number of hydrogen-bond acceptors (Lipinski definition) is 6. The maximum absolute atomic E-state index is 12.8. The largest absolute Gasteiger partial charge is 0.462 e. The van der Waals surface area contributed by atoms with Gasteiger partial charge in [-0.1, -0.05) is 204 Å². The second-order valence-electron chi connectivity index (χ2n) is 16.7. The van der Waals surface area contributed by atoms with Gasteiger partial charge in [0, 0.05) is 19.3 Å². The van der Waals surface area contributed by atoms with Gasteiger partial charge in [0.15, 0.2) is 6.10 Å². The molecule has 0 aliphatic rings. The first-order valence-corrected chi connectivity index (χ1v) is 25.3. The first kappa shape index (κ1) is 57.1. The summed E-state index contributed by atoms with van der Waals surface area (Å²) in [5.41, 5.74) is 0. The van der Waals surface area contributed by atoms with Gasteiger partial charge in [-0.2, -0.15) is 0 Å². The van der Waals surface area contributed by atoms with Crippen LogP contribution in [-0.4, -0.2) is 37.2 Å². The molecule has 1 atom stereocenters. The van der Waals surface area contributed by atoms with Crippen LogP contribution in [0.15, 0.2) is 60.8 Å². The number of rotatable bonds is 45. The molecule has 0 saturated carbocycles. The molecule has 0 fully saturated rings. The summed E-state index contributed by atoms with van der Waals surface area (Å²) in [4.78, 5) is 37.9. The van der Waals surface area contributed by atoms with Crippen molar-refractivity contribution in [2.45, 2.75) is 252 Å². The molecule has 0 N–H and O–H groups in total. The summed E-state index contributed by atoms with van der Waals surface area (Å²) in [6, 6.07) is 0. The van der Waals surface area contributed by atoms with Crippen LogP contribution in [0.25, 0.3) is 0 Å². The van der Waals surface area contributed by atoms with Crippen LogP contribution < -0.4 is 0 Å². The van der Waals surface area contributed by atoms with Crippen molar-refractivity contribution in [3.05, 3.63) is 60.8 Å². The highest BCUT2D eigenvalue weighted by molar-refractivity contribution is 5.71. The Morgan fingerprint density at radius 3 is 1.07 bits per heavy atom. The molecule has 6 heteroatoms. The number of carbonyl (C=O) groups excluding carboxylic acids is 3. The minimum Gasteiger partial charge on any atom is -0.462 e. The van der Waals surface area contributed by atoms with Crippen molar-refractivity contribution in [1.29, 1.82) is 0 Å². The topological polar surface area (TPSA) is 78.9 Å². The summed E-state index contributed by atoms with van der Waals surface area (Å²) >= 11 is 0. The summed E-state index contributed by atoms with van der Waals surface area (Å²) in [5.74, 6) is -0.937. The SMILES string of the molecule is CC/C=C\C/C=C\C/C=C\C/C=C\CCCCC(=O)OCC(COC(=O)CCCCCCCCCCCCCCC)OC(=O)CCCCCCC/C=C\CCCCCCC. The van der Waals surface area contributed by atoms with E-state index in [4.69, 9.17) is 14.2 Å². The molecule has 0 aromatic carbocycles. The predicted octanol–water partition coefficient (Wildman–Crippen LogP) is 16.5. The van der Waals surface area contributed by atoms with E-state index in [1.807, 2.05) is 0 Å². The van der Waals surface area contributed by atoms with E-state index in [0.717, 1.165) is 96.3 Å². The Balaban J connectivity index is 4.45. The van der Waals surface area contributed by atoms with Crippen molar-refractivity contribution in [3.63, 3.8) is 0 Å². The van der Waals surface area contributed by atoms with Crippen LogP contribution in [0.4, 0.5) is 0 Å². The minimum absolute atomic E-state index is 0.0889. The van der Waals surface area contributed by atoms with E-state index in [-0.39, 0.29) is 31.1 Å². The number of carbonyl (C=O) groups is 3. The maximum Gasteiger partial charge on any atom is 0.306 e. The van der Waals surface area contributed by atoms with Crippen molar-refractivity contribution >= 4 is 17.9 Å². The highest BCUT2D eigenvalue weighted by Crippen LogP contribution is 2.15. The average molecular weight is 839 g/mol. The summed E-state index contributed by atoms with van der Waals surface area (Å²) < 4.78 is 16.7. The summed E-state index contributed by atoms with van der Waals surface area (Å²) in [6.45, 7) is 6.47. The van der Waals surface area contributed by atoms with Gasteiger partial charge in [-0.25, -0.2) is 0 Å². The molecule has 0 aliphatic heterocycles. The van der Waals surface area contributed by atoms with Crippen LogP contribution in [0, 0.1) is 0 Å². The lowest BCUT2D eigenvalue weighted by molar-refractivity contribution is -0.167. The normalized spacial score (nSPS) is 12.5. The fraction of sp³-hybridized carbons (Fsp3) is 0.759. The first-order valence-electron chi connectivity index (χ1n) is 25.3. The van der Waals surface area contributed by atoms with Gasteiger partial charge in [0.2, 0.25) is 0 Å². The number of ether oxygens (including phenoxy) is 3. The molecule has 6 nitrogen and oxygen atoms in total. The zero-order valence-electron chi connectivity index (χ0n) is 39.5. The van der Waals surface area contributed by atoms with Crippen molar-refractivity contribution in [1.82, 2.24) is 0 Å². The van der Waals surface area contributed by atoms with Gasteiger partial charge >= 0.3 is 17.9 Å². The molecule has 0 aromatic rings. The number of unbranched alkanes of at least 4 members (excludes halogenated alkanes) is 24. The second-order valence-corrected chi connectivity index (χ2v) is 16.7. The third-order valence-corrected chi connectivity index (χ3v) is 10.8. The van der Waals surface area contributed by atoms with Crippen LogP contribution in [0.2, 0.25) is 0 Å². The van der Waals surface area contributed by atoms with Gasteiger partial charge in [-0.3, -0.25) is 14.4 Å². The van der Waals surface area contributed by atoms with Crippen molar-refractivity contribution in [2.24, 2.45) is 0 Å². The van der Waals surface area contributed by atoms with Crippen LogP contribution in [0.3, 0.4) is 0 Å². The molecular weight excluding hydrogens is 745 g/mol. The number of allylic oxidation sites excluding steroid dienone is 10. The molecular formula is C54H94O6. The monoisotopic (exact) mass is 839 g/mol. The lowest BCUT2D eigenvalue weighted by Crippen LogP contribution is -2.30. The van der Waals surface area contributed by atoms with Crippen molar-refractivity contribution in [2.75, 3.05) is 13.2 Å². The molecule has 0 spiro atoms. The maximum atomic E-state index is 12.8. The molecule has 0 radical (unpaired) electrons. The molecule has 60 heavy (non-hydrogen) atoms. The number of esters is 3. The molecule has 0 aromatic heterocycles. The quantitative estimate of drug-likeness (QED) is 0.0263. The van der Waals surface area contributed by atoms with E-state index in [0.29, 0.717) is 19.3 Å². The zero-order valence-corrected chi connectivity index (χ0v) is 39.5. The Kier molecular flexibility index (Phi) is 46.4. The summed E-state index contributed by atoms with van der Waals surface area (Å²) in [7, 11) is 0. The standard InChI is InChI=1S/C54H94O6/c1-4-7-10-13-16-19-22-25-27-30-32-35-38-41-44-47-53(56)59-50-51(49-58-52(55)46-43-40-37-34-31-28-24-21-18-15-12-9-6-3)60-54(57)48-45-42-39-36-33-29-26-23-20-17-14-11-8-5-2/h7,10,16,19,23,25-27,32,35,51H,4-6,8-9,11-15,17-18,20-22,24,28-31,33-34,36-50H2,1-3H3/b10-7-,19-16-,26-23-,27-25-,35-32-. The Labute approximate surface area is 370 Å². The average Bonchev–Trinajstić information content (AvgIpc) is 3.24. The summed E-state index contributed by atoms with van der Waals surface area (Å²) in [5, 5.41) is 0. The molecule has 0 saturated heterocycles. The van der Waals surface area contributed by atoms with Gasteiger partial charge < -0.3 is 14.2 Å². The van der Waals surface area contributed by atoms with E-state index in [2.05, 4.69) is 81.5 Å². The molecule has 0 aliphatic carbocycles. The lowest BCUT2D eigenvalue weighted by Gasteiger charge is -2.18. The van der Waals surface area contributed by atoms with E-state index in [1.54, 1.807) is 0 Å². The predicted molar refractivity (Wildman–Crippen MR) is 256 cm³/mol. The fourth-order valence-corrected chi connectivity index (χ4v) is 6.96. The van der Waals surface area contributed by atoms with Gasteiger partial charge in [-0.15, -0.1) is 0 Å². The third-order valence-electron chi connectivity index (χ3n) is 10.8. The first-order chi connectivity index (χ1) is 29.5. The molecule has 0 rings (SSSR count). The zero-order chi connectivity index (χ0) is 43.7. The number of hydrogen-bond donors (Lipinski definition) is 0. The highest BCUT2D eigenvalue weighted by atomic mass is 16.6. The van der Waals surface area contributed by atoms with E-state index in [1.165, 1.54) is 109 Å². The van der Waals surface area contributed by atoms with E-state index in [9.17, 15) is 14.4 Å². The Bertz CT molecular complexity index is 1100. The highest BCUT2D eigenvalue weighted by Gasteiger charge is 2.19. The second kappa shape index (κ2) is 48.8. The molecule has 346 valence electrons. The lowest BCUT2D eigenvalue weighted by atomic mass is 10.0. The Hall–Kier alpha value is -2.89. The Morgan fingerprint density at radius 1 is 0.350 bits per heavy atom. The molecule has 1 unspecified atom stereocenters. The summed E-state index contributed by atoms with van der Waals surface area (Å²) in [6.07, 6.45) is 59.1. The van der Waals surface area contributed by atoms with Crippen LogP contribution >= 0.6 is 0 Å². The molecule has 0 heterocycles. The molecule has 0 bridgehead atoms. The molecule has 0 amide bonds. The van der Waals surface area contributed by atoms with Crippen LogP contribution in [0.1, 0.15) is 245 Å². The smallest absolute Gasteiger partial charge is 0.306 e. The van der Waals surface area contributed by atoms with E-state index >= 15 is 0 Å². The van der Waals surface area contributed by atoms with Crippen LogP contribution in [0.5, 0.6) is 0 Å². The Morgan fingerprint density at radius 2 is 0.650 bits per heavy atom. The van der Waals surface area contributed by atoms with Gasteiger partial charge in [0.25, 0.3) is 0 Å². The van der Waals surface area contributed by atoms with Crippen LogP contribution in [-0.2, 0) is 28.6 Å². The minimum atomic E-state index is -0.792. The third kappa shape index (κ3) is 46.2. The van der Waals surface area contributed by atoms with Crippen molar-refractivity contribution in [3.8, 4) is 0 Å².